The maximum atomic E-state index is 14.1. The molecule has 138 valence electrons. The molecule has 0 aliphatic rings. The first-order valence-electron chi connectivity index (χ1n) is 8.04. The molecule has 0 unspecified atom stereocenters. The molecule has 0 saturated carbocycles. The molecule has 0 atom stereocenters. The molecule has 0 bridgehead atoms. The van der Waals surface area contributed by atoms with Crippen molar-refractivity contribution < 1.29 is 9.18 Å². The molecule has 0 saturated heterocycles. The highest BCUT2D eigenvalue weighted by molar-refractivity contribution is 14.1. The van der Waals surface area contributed by atoms with E-state index >= 15 is 0 Å². The van der Waals surface area contributed by atoms with Gasteiger partial charge in [0.05, 0.1) is 28.8 Å². The molecule has 3 rings (SSSR count). The van der Waals surface area contributed by atoms with Crippen molar-refractivity contribution in [3.8, 4) is 0 Å². The predicted octanol–water partition coefficient (Wildman–Crippen LogP) is 3.55. The van der Waals surface area contributed by atoms with E-state index in [1.807, 2.05) is 22.6 Å². The molecule has 1 aromatic heterocycles. The normalized spacial score (nSPS) is 10.5. The molecular weight excluding hydrogens is 460 g/mol. The topological polar surface area (TPSA) is 97.3 Å². The lowest BCUT2D eigenvalue weighted by Crippen LogP contribution is -2.37. The maximum Gasteiger partial charge on any atom is 0.274 e. The number of hydrogen-bond acceptors (Lipinski definition) is 5. The van der Waals surface area contributed by atoms with Crippen LogP contribution in [0.3, 0.4) is 0 Å². The first kappa shape index (κ1) is 19.2. The van der Waals surface area contributed by atoms with Crippen LogP contribution >= 0.6 is 22.6 Å². The summed E-state index contributed by atoms with van der Waals surface area (Å²) < 4.78 is 14.9. The number of hydrogen-bond donors (Lipinski definition) is 3. The number of nitrogens with zero attached hydrogens (tertiary/aromatic N) is 2. The minimum Gasteiger partial charge on any atom is -0.351 e. The van der Waals surface area contributed by atoms with Gasteiger partial charge in [-0.25, -0.2) is 15.2 Å². The summed E-state index contributed by atoms with van der Waals surface area (Å²) in [5, 5.41) is 3.95. The third-order valence-electron chi connectivity index (χ3n) is 3.92. The third kappa shape index (κ3) is 4.41. The number of nitrogens with two attached hydrogens (primary N) is 2. The summed E-state index contributed by atoms with van der Waals surface area (Å²) in [7, 11) is 0. The number of halogens is 2. The second-order valence-corrected chi connectivity index (χ2v) is 6.96. The summed E-state index contributed by atoms with van der Waals surface area (Å²) in [6, 6.07) is 13.3. The van der Waals surface area contributed by atoms with E-state index < -0.39 is 11.7 Å². The standard InChI is InChI=1S/C19H17FIN5O/c20-16-9-13(21)3-6-17(16)25-18-11-24-8-7-15(18)19(27)26(23)14-4-1-12(10-22)2-5-14/h1-9,11,25H,10,22-23H2. The molecule has 27 heavy (non-hydrogen) atoms. The fourth-order valence-corrected chi connectivity index (χ4v) is 2.91. The van der Waals surface area contributed by atoms with Gasteiger partial charge in [-0.2, -0.15) is 0 Å². The van der Waals surface area contributed by atoms with Gasteiger partial charge in [-0.1, -0.05) is 12.1 Å². The van der Waals surface area contributed by atoms with Gasteiger partial charge in [-0.15, -0.1) is 0 Å². The summed E-state index contributed by atoms with van der Waals surface area (Å²) in [6.45, 7) is 0.402. The average molecular weight is 477 g/mol. The number of rotatable bonds is 5. The molecule has 0 radical (unpaired) electrons. The van der Waals surface area contributed by atoms with Crippen LogP contribution in [0.1, 0.15) is 15.9 Å². The maximum absolute atomic E-state index is 14.1. The van der Waals surface area contributed by atoms with Crippen LogP contribution in [0.4, 0.5) is 21.5 Å². The second-order valence-electron chi connectivity index (χ2n) is 5.72. The van der Waals surface area contributed by atoms with Crippen molar-refractivity contribution in [2.45, 2.75) is 6.54 Å². The number of carbonyl (C=O) groups is 1. The lowest BCUT2D eigenvalue weighted by Gasteiger charge is -2.19. The molecule has 0 aliphatic heterocycles. The molecule has 5 N–H and O–H groups in total. The van der Waals surface area contributed by atoms with E-state index in [1.54, 1.807) is 36.4 Å². The van der Waals surface area contributed by atoms with Crippen LogP contribution in [0.2, 0.25) is 0 Å². The second kappa shape index (κ2) is 8.42. The number of pyridine rings is 1. The number of aromatic nitrogens is 1. The first-order valence-corrected chi connectivity index (χ1v) is 9.11. The summed E-state index contributed by atoms with van der Waals surface area (Å²) >= 11 is 2.03. The third-order valence-corrected chi connectivity index (χ3v) is 4.59. The molecular formula is C19H17FIN5O. The van der Waals surface area contributed by atoms with Gasteiger partial charge >= 0.3 is 0 Å². The van der Waals surface area contributed by atoms with Crippen molar-refractivity contribution in [3.63, 3.8) is 0 Å². The molecule has 6 nitrogen and oxygen atoms in total. The summed E-state index contributed by atoms with van der Waals surface area (Å²) in [4.78, 5) is 16.9. The Morgan fingerprint density at radius 3 is 2.56 bits per heavy atom. The van der Waals surface area contributed by atoms with E-state index in [4.69, 9.17) is 11.6 Å². The fraction of sp³-hybridized carbons (Fsp3) is 0.0526. The van der Waals surface area contributed by atoms with Gasteiger partial charge in [0.2, 0.25) is 0 Å². The zero-order chi connectivity index (χ0) is 19.4. The Bertz CT molecular complexity index is 965. The highest BCUT2D eigenvalue weighted by Crippen LogP contribution is 2.25. The van der Waals surface area contributed by atoms with Crippen LogP contribution in [0.25, 0.3) is 0 Å². The predicted molar refractivity (Wildman–Crippen MR) is 112 cm³/mol. The molecule has 1 heterocycles. The quantitative estimate of drug-likeness (QED) is 0.226. The van der Waals surface area contributed by atoms with Gasteiger partial charge in [0, 0.05) is 16.3 Å². The molecule has 0 fully saturated rings. The zero-order valence-corrected chi connectivity index (χ0v) is 16.4. The average Bonchev–Trinajstić information content (AvgIpc) is 2.69. The lowest BCUT2D eigenvalue weighted by molar-refractivity contribution is 0.0987. The van der Waals surface area contributed by atoms with Crippen molar-refractivity contribution in [3.05, 3.63) is 81.4 Å². The van der Waals surface area contributed by atoms with Crippen molar-refractivity contribution in [1.29, 1.82) is 0 Å². The number of amides is 1. The molecule has 3 aromatic rings. The van der Waals surface area contributed by atoms with Crippen molar-refractivity contribution >= 4 is 45.6 Å². The van der Waals surface area contributed by atoms with E-state index in [9.17, 15) is 9.18 Å². The Kier molecular flexibility index (Phi) is 5.99. The molecule has 2 aromatic carbocycles. The van der Waals surface area contributed by atoms with Crippen LogP contribution < -0.4 is 21.9 Å². The Balaban J connectivity index is 1.88. The van der Waals surface area contributed by atoms with Crippen molar-refractivity contribution in [2.24, 2.45) is 11.6 Å². The minimum absolute atomic E-state index is 0.244. The van der Waals surface area contributed by atoms with Crippen LogP contribution in [0.15, 0.2) is 60.9 Å². The number of hydrazine groups is 1. The molecule has 0 spiro atoms. The monoisotopic (exact) mass is 477 g/mol. The van der Waals surface area contributed by atoms with Crippen LogP contribution in [0.5, 0.6) is 0 Å². The van der Waals surface area contributed by atoms with E-state index in [2.05, 4.69) is 10.3 Å². The van der Waals surface area contributed by atoms with Gasteiger partial charge < -0.3 is 11.1 Å². The summed E-state index contributed by atoms with van der Waals surface area (Å²) in [5.74, 6) is 5.13. The van der Waals surface area contributed by atoms with Gasteiger partial charge in [0.25, 0.3) is 5.91 Å². The van der Waals surface area contributed by atoms with Crippen LogP contribution in [0, 0.1) is 9.39 Å². The van der Waals surface area contributed by atoms with Gasteiger partial charge in [-0.3, -0.25) is 9.78 Å². The largest absolute Gasteiger partial charge is 0.351 e. The number of nitrogens with one attached hydrogen (secondary N) is 1. The minimum atomic E-state index is -0.452. The van der Waals surface area contributed by atoms with Crippen molar-refractivity contribution in [2.75, 3.05) is 10.3 Å². The zero-order valence-electron chi connectivity index (χ0n) is 14.2. The molecule has 8 heteroatoms. The van der Waals surface area contributed by atoms with Crippen LogP contribution in [-0.4, -0.2) is 10.9 Å². The molecule has 1 amide bonds. The van der Waals surface area contributed by atoms with Gasteiger partial charge in [0.15, 0.2) is 0 Å². The van der Waals surface area contributed by atoms with Crippen LogP contribution in [-0.2, 0) is 6.54 Å². The van der Waals surface area contributed by atoms with Crippen molar-refractivity contribution in [1.82, 2.24) is 4.98 Å². The Labute approximate surface area is 169 Å². The highest BCUT2D eigenvalue weighted by Gasteiger charge is 2.19. The lowest BCUT2D eigenvalue weighted by atomic mass is 10.1. The number of anilines is 3. The Hall–Kier alpha value is -2.56. The van der Waals surface area contributed by atoms with E-state index in [0.29, 0.717) is 17.9 Å². The number of benzene rings is 2. The van der Waals surface area contributed by atoms with Gasteiger partial charge in [0.1, 0.15) is 5.82 Å². The SMILES string of the molecule is NCc1ccc(N(N)C(=O)c2ccncc2Nc2ccc(I)cc2F)cc1. The van der Waals surface area contributed by atoms with E-state index in [1.165, 1.54) is 24.5 Å². The van der Waals surface area contributed by atoms with Gasteiger partial charge in [-0.05, 0) is 64.6 Å². The summed E-state index contributed by atoms with van der Waals surface area (Å²) in [6.07, 6.45) is 2.93. The van der Waals surface area contributed by atoms with E-state index in [0.717, 1.165) is 14.1 Å². The summed E-state index contributed by atoms with van der Waals surface area (Å²) in [5.41, 5.74) is 7.90. The first-order chi connectivity index (χ1) is 13.0. The number of carbonyl (C=O) groups excluding carboxylic acids is 1. The van der Waals surface area contributed by atoms with E-state index in [-0.39, 0.29) is 11.3 Å². The smallest absolute Gasteiger partial charge is 0.274 e. The molecule has 0 aliphatic carbocycles. The Morgan fingerprint density at radius 2 is 1.89 bits per heavy atom. The Morgan fingerprint density at radius 1 is 1.15 bits per heavy atom. The fourth-order valence-electron chi connectivity index (χ4n) is 2.46. The highest BCUT2D eigenvalue weighted by atomic mass is 127.